The van der Waals surface area contributed by atoms with Gasteiger partial charge in [0.25, 0.3) is 0 Å². The second-order valence-corrected chi connectivity index (χ2v) is 7.08. The van der Waals surface area contributed by atoms with Crippen LogP contribution in [0, 0.1) is 6.92 Å². The lowest BCUT2D eigenvalue weighted by Crippen LogP contribution is -1.91. The zero-order chi connectivity index (χ0) is 18.2. The van der Waals surface area contributed by atoms with Crippen LogP contribution in [-0.4, -0.2) is 19.9 Å². The van der Waals surface area contributed by atoms with Gasteiger partial charge in [-0.25, -0.2) is 9.97 Å². The van der Waals surface area contributed by atoms with Crippen molar-refractivity contribution in [2.24, 2.45) is 0 Å². The maximum absolute atomic E-state index is 5.68. The van der Waals surface area contributed by atoms with Gasteiger partial charge in [0, 0.05) is 29.5 Å². The molecule has 5 aromatic heterocycles. The molecule has 0 atom stereocenters. The van der Waals surface area contributed by atoms with E-state index in [1.807, 2.05) is 55.6 Å². The van der Waals surface area contributed by atoms with E-state index in [-0.39, 0.29) is 0 Å². The zero-order valence-electron chi connectivity index (χ0n) is 14.5. The summed E-state index contributed by atoms with van der Waals surface area (Å²) in [6.45, 7) is 2.01. The Labute approximate surface area is 159 Å². The van der Waals surface area contributed by atoms with Gasteiger partial charge in [-0.3, -0.25) is 9.97 Å². The molecule has 0 radical (unpaired) electrons. The van der Waals surface area contributed by atoms with Crippen molar-refractivity contribution in [2.75, 3.05) is 0 Å². The molecule has 5 heterocycles. The fraction of sp³-hybridized carbons (Fsp3) is 0.0476. The monoisotopic (exact) mass is 370 g/mol. The summed E-state index contributed by atoms with van der Waals surface area (Å²) in [5.41, 5.74) is 5.09. The molecular formula is C21H14N4OS. The number of aryl methyl sites for hydroxylation is 1. The molecule has 0 amide bonds. The summed E-state index contributed by atoms with van der Waals surface area (Å²) < 4.78 is 5.68. The van der Waals surface area contributed by atoms with Gasteiger partial charge in [0.2, 0.25) is 0 Å². The summed E-state index contributed by atoms with van der Waals surface area (Å²) in [6.07, 6.45) is 7.03. The fourth-order valence-corrected chi connectivity index (χ4v) is 4.03. The number of hydrogen-bond acceptors (Lipinski definition) is 6. The first-order chi connectivity index (χ1) is 13.3. The smallest absolute Gasteiger partial charge is 0.161 e. The number of nitrogens with zero attached hydrogens (tertiary/aromatic N) is 4. The number of thiazole rings is 1. The molecule has 0 aliphatic rings. The Morgan fingerprint density at radius 3 is 2.74 bits per heavy atom. The van der Waals surface area contributed by atoms with Crippen molar-refractivity contribution in [3.05, 3.63) is 73.0 Å². The number of hydrogen-bond donors (Lipinski definition) is 0. The minimum atomic E-state index is 0.740. The Bertz CT molecular complexity index is 1230. The van der Waals surface area contributed by atoms with Crippen LogP contribution in [0.25, 0.3) is 43.5 Å². The van der Waals surface area contributed by atoms with Crippen molar-refractivity contribution < 1.29 is 4.42 Å². The summed E-state index contributed by atoms with van der Waals surface area (Å²) in [6, 6.07) is 13.7. The first-order valence-corrected chi connectivity index (χ1v) is 9.29. The largest absolute Gasteiger partial charge is 0.462 e. The second-order valence-electron chi connectivity index (χ2n) is 6.09. The predicted octanol–water partition coefficient (Wildman–Crippen LogP) is 5.38. The summed E-state index contributed by atoms with van der Waals surface area (Å²) in [5, 5.41) is 1.93. The normalized spacial score (nSPS) is 11.1. The van der Waals surface area contributed by atoms with E-state index in [0.29, 0.717) is 0 Å². The van der Waals surface area contributed by atoms with Crippen LogP contribution < -0.4 is 0 Å². The van der Waals surface area contributed by atoms with Crippen LogP contribution in [-0.2, 0) is 0 Å². The van der Waals surface area contributed by atoms with Gasteiger partial charge in [-0.05, 0) is 43.3 Å². The van der Waals surface area contributed by atoms with E-state index < -0.39 is 0 Å². The third-order valence-corrected chi connectivity index (χ3v) is 5.51. The molecule has 0 aliphatic carbocycles. The molecule has 0 aromatic carbocycles. The molecule has 0 saturated carbocycles. The first-order valence-electron chi connectivity index (χ1n) is 8.47. The van der Waals surface area contributed by atoms with Crippen molar-refractivity contribution in [1.29, 1.82) is 0 Å². The molecule has 0 N–H and O–H groups in total. The zero-order valence-corrected chi connectivity index (χ0v) is 15.3. The molecule has 0 saturated heterocycles. The van der Waals surface area contributed by atoms with Crippen LogP contribution in [0.3, 0.4) is 0 Å². The predicted molar refractivity (Wildman–Crippen MR) is 106 cm³/mol. The van der Waals surface area contributed by atoms with Gasteiger partial charge in [0.05, 0.1) is 28.2 Å². The highest BCUT2D eigenvalue weighted by Crippen LogP contribution is 2.37. The molecule has 0 aliphatic heterocycles. The lowest BCUT2D eigenvalue weighted by atomic mass is 10.1. The third kappa shape index (κ3) is 2.80. The Kier molecular flexibility index (Phi) is 3.76. The summed E-state index contributed by atoms with van der Waals surface area (Å²) >= 11 is 1.62. The van der Waals surface area contributed by atoms with Crippen molar-refractivity contribution in [1.82, 2.24) is 19.9 Å². The van der Waals surface area contributed by atoms with E-state index in [1.54, 1.807) is 30.0 Å². The van der Waals surface area contributed by atoms with Gasteiger partial charge < -0.3 is 4.42 Å². The molecule has 0 unspecified atom stereocenters. The van der Waals surface area contributed by atoms with Crippen LogP contribution >= 0.6 is 11.3 Å². The van der Waals surface area contributed by atoms with Gasteiger partial charge in [-0.1, -0.05) is 6.07 Å². The highest BCUT2D eigenvalue weighted by atomic mass is 32.1. The fourth-order valence-electron chi connectivity index (χ4n) is 3.02. The maximum atomic E-state index is 5.68. The number of fused-ring (bicyclic) bond motifs is 1. The van der Waals surface area contributed by atoms with Crippen LogP contribution in [0.2, 0.25) is 0 Å². The average Bonchev–Trinajstić information content (AvgIpc) is 3.35. The Morgan fingerprint density at radius 2 is 1.93 bits per heavy atom. The maximum Gasteiger partial charge on any atom is 0.161 e. The minimum absolute atomic E-state index is 0.740. The molecular weight excluding hydrogens is 356 g/mol. The lowest BCUT2D eigenvalue weighted by molar-refractivity contribution is 0.615. The van der Waals surface area contributed by atoms with Crippen LogP contribution in [0.5, 0.6) is 0 Å². The van der Waals surface area contributed by atoms with E-state index in [1.165, 1.54) is 0 Å². The summed E-state index contributed by atoms with van der Waals surface area (Å²) in [5.74, 6) is 0. The number of pyridine rings is 3. The van der Waals surface area contributed by atoms with Gasteiger partial charge in [0.1, 0.15) is 10.7 Å². The number of aromatic nitrogens is 4. The molecule has 0 bridgehead atoms. The third-order valence-electron chi connectivity index (χ3n) is 4.28. The van der Waals surface area contributed by atoms with Crippen LogP contribution in [0.4, 0.5) is 0 Å². The minimum Gasteiger partial charge on any atom is -0.462 e. The molecule has 130 valence electrons. The quantitative estimate of drug-likeness (QED) is 0.426. The Balaban J connectivity index is 1.69. The molecule has 0 fully saturated rings. The summed E-state index contributed by atoms with van der Waals surface area (Å²) in [4.78, 5) is 19.3. The van der Waals surface area contributed by atoms with E-state index >= 15 is 0 Å². The topological polar surface area (TPSA) is 64.7 Å². The number of furan rings is 1. The molecule has 6 heteroatoms. The van der Waals surface area contributed by atoms with Gasteiger partial charge in [-0.2, -0.15) is 0 Å². The van der Waals surface area contributed by atoms with E-state index in [9.17, 15) is 0 Å². The molecule has 0 spiro atoms. The highest BCUT2D eigenvalue weighted by molar-refractivity contribution is 7.18. The van der Waals surface area contributed by atoms with Crippen molar-refractivity contribution in [2.45, 2.75) is 6.92 Å². The van der Waals surface area contributed by atoms with E-state index in [0.717, 1.165) is 49.2 Å². The average molecular weight is 370 g/mol. The van der Waals surface area contributed by atoms with E-state index in [4.69, 9.17) is 14.4 Å². The standard InChI is InChI=1S/C21H14N4OS/c1-13-20(27-21(24-13)15-5-4-8-22-12-15)17-11-14-7-10-26-19(14)18(25-17)16-6-2-3-9-23-16/h2-12H,1H3. The molecule has 5 rings (SSSR count). The van der Waals surface area contributed by atoms with Crippen molar-refractivity contribution in [3.63, 3.8) is 0 Å². The van der Waals surface area contributed by atoms with Gasteiger partial charge in [-0.15, -0.1) is 11.3 Å². The molecule has 5 nitrogen and oxygen atoms in total. The van der Waals surface area contributed by atoms with Crippen LogP contribution in [0.1, 0.15) is 5.69 Å². The molecule has 27 heavy (non-hydrogen) atoms. The second kappa shape index (κ2) is 6.41. The van der Waals surface area contributed by atoms with Gasteiger partial charge >= 0.3 is 0 Å². The van der Waals surface area contributed by atoms with Gasteiger partial charge in [0.15, 0.2) is 5.58 Å². The first kappa shape index (κ1) is 15.8. The molecule has 5 aromatic rings. The summed E-state index contributed by atoms with van der Waals surface area (Å²) in [7, 11) is 0. The van der Waals surface area contributed by atoms with Crippen molar-refractivity contribution >= 4 is 22.3 Å². The van der Waals surface area contributed by atoms with E-state index in [2.05, 4.69) is 9.97 Å². The SMILES string of the molecule is Cc1nc(-c2cccnc2)sc1-c1cc2ccoc2c(-c2ccccn2)n1. The van der Waals surface area contributed by atoms with Crippen molar-refractivity contribution in [3.8, 4) is 32.5 Å². The number of rotatable bonds is 3. The van der Waals surface area contributed by atoms with Crippen LogP contribution in [0.15, 0.2) is 71.7 Å². The highest BCUT2D eigenvalue weighted by Gasteiger charge is 2.17. The Morgan fingerprint density at radius 1 is 0.963 bits per heavy atom. The lowest BCUT2D eigenvalue weighted by Gasteiger charge is -2.05. The Hall–Kier alpha value is -3.38.